The van der Waals surface area contributed by atoms with Crippen LogP contribution in [0.15, 0.2) is 36.0 Å². The SMILES string of the molecule is CCOC(=O)/C=C/C1=CC(O)C(O)C=C1. The Morgan fingerprint density at radius 1 is 1.53 bits per heavy atom. The van der Waals surface area contributed by atoms with Crippen molar-refractivity contribution in [2.75, 3.05) is 6.61 Å². The van der Waals surface area contributed by atoms with Gasteiger partial charge in [0.25, 0.3) is 0 Å². The van der Waals surface area contributed by atoms with E-state index in [-0.39, 0.29) is 0 Å². The molecule has 0 amide bonds. The van der Waals surface area contributed by atoms with Crippen LogP contribution in [0.25, 0.3) is 0 Å². The lowest BCUT2D eigenvalue weighted by Crippen LogP contribution is -2.23. The van der Waals surface area contributed by atoms with Crippen LogP contribution < -0.4 is 0 Å². The van der Waals surface area contributed by atoms with E-state index in [1.54, 1.807) is 13.0 Å². The Bertz CT molecular complexity index is 315. The van der Waals surface area contributed by atoms with Gasteiger partial charge in [-0.05, 0) is 24.6 Å². The lowest BCUT2D eigenvalue weighted by molar-refractivity contribution is -0.137. The summed E-state index contributed by atoms with van der Waals surface area (Å²) < 4.78 is 4.69. The molecule has 15 heavy (non-hydrogen) atoms. The Morgan fingerprint density at radius 2 is 2.27 bits per heavy atom. The molecule has 1 rings (SSSR count). The molecule has 0 aromatic carbocycles. The molecule has 0 radical (unpaired) electrons. The fourth-order valence-corrected chi connectivity index (χ4v) is 1.14. The van der Waals surface area contributed by atoms with Gasteiger partial charge in [-0.15, -0.1) is 0 Å². The first-order valence-corrected chi connectivity index (χ1v) is 4.74. The topological polar surface area (TPSA) is 66.8 Å². The van der Waals surface area contributed by atoms with Crippen LogP contribution in [-0.4, -0.2) is 35.0 Å². The van der Waals surface area contributed by atoms with E-state index in [1.165, 1.54) is 24.3 Å². The second-order valence-electron chi connectivity index (χ2n) is 3.09. The van der Waals surface area contributed by atoms with E-state index in [0.29, 0.717) is 12.2 Å². The van der Waals surface area contributed by atoms with Crippen molar-refractivity contribution in [2.24, 2.45) is 0 Å². The number of aliphatic hydroxyl groups is 2. The van der Waals surface area contributed by atoms with E-state index in [2.05, 4.69) is 0 Å². The summed E-state index contributed by atoms with van der Waals surface area (Å²) >= 11 is 0. The molecule has 4 heteroatoms. The average Bonchev–Trinajstić information content (AvgIpc) is 2.20. The van der Waals surface area contributed by atoms with Crippen LogP contribution in [0.3, 0.4) is 0 Å². The third-order valence-electron chi connectivity index (χ3n) is 1.90. The van der Waals surface area contributed by atoms with Gasteiger partial charge in [0.15, 0.2) is 0 Å². The van der Waals surface area contributed by atoms with E-state index >= 15 is 0 Å². The highest BCUT2D eigenvalue weighted by molar-refractivity contribution is 5.82. The van der Waals surface area contributed by atoms with E-state index in [9.17, 15) is 9.90 Å². The van der Waals surface area contributed by atoms with Gasteiger partial charge >= 0.3 is 5.97 Å². The van der Waals surface area contributed by atoms with Crippen molar-refractivity contribution >= 4 is 5.97 Å². The summed E-state index contributed by atoms with van der Waals surface area (Å²) in [4.78, 5) is 11.0. The van der Waals surface area contributed by atoms with Crippen LogP contribution in [0.1, 0.15) is 6.92 Å². The van der Waals surface area contributed by atoms with Crippen LogP contribution in [0.5, 0.6) is 0 Å². The first kappa shape index (κ1) is 11.7. The summed E-state index contributed by atoms with van der Waals surface area (Å²) in [5.74, 6) is -0.424. The fraction of sp³-hybridized carbons (Fsp3) is 0.364. The third-order valence-corrected chi connectivity index (χ3v) is 1.90. The molecule has 0 aromatic heterocycles. The van der Waals surface area contributed by atoms with Crippen molar-refractivity contribution in [3.05, 3.63) is 36.0 Å². The van der Waals surface area contributed by atoms with Gasteiger partial charge in [-0.1, -0.05) is 12.2 Å². The number of rotatable bonds is 3. The summed E-state index contributed by atoms with van der Waals surface area (Å²) in [7, 11) is 0. The molecule has 0 aromatic rings. The Morgan fingerprint density at radius 3 is 2.87 bits per heavy atom. The number of esters is 1. The zero-order valence-electron chi connectivity index (χ0n) is 8.46. The van der Waals surface area contributed by atoms with Crippen LogP contribution >= 0.6 is 0 Å². The van der Waals surface area contributed by atoms with Crippen molar-refractivity contribution in [3.8, 4) is 0 Å². The largest absolute Gasteiger partial charge is 0.463 e. The molecule has 4 nitrogen and oxygen atoms in total. The lowest BCUT2D eigenvalue weighted by Gasteiger charge is -2.15. The quantitative estimate of drug-likeness (QED) is 0.520. The van der Waals surface area contributed by atoms with Crippen molar-refractivity contribution in [1.29, 1.82) is 0 Å². The first-order valence-electron chi connectivity index (χ1n) is 4.74. The van der Waals surface area contributed by atoms with Crippen molar-refractivity contribution in [2.45, 2.75) is 19.1 Å². The first-order chi connectivity index (χ1) is 7.13. The third kappa shape index (κ3) is 3.69. The summed E-state index contributed by atoms with van der Waals surface area (Å²) in [5.41, 5.74) is 0.667. The highest BCUT2D eigenvalue weighted by atomic mass is 16.5. The maximum absolute atomic E-state index is 11.0. The average molecular weight is 210 g/mol. The fourth-order valence-electron chi connectivity index (χ4n) is 1.14. The van der Waals surface area contributed by atoms with Crippen LogP contribution in [0, 0.1) is 0 Å². The van der Waals surface area contributed by atoms with Gasteiger partial charge in [0.1, 0.15) is 12.2 Å². The number of ether oxygens (including phenoxy) is 1. The molecule has 0 heterocycles. The monoisotopic (exact) mass is 210 g/mol. The summed E-state index contributed by atoms with van der Waals surface area (Å²) in [6.45, 7) is 2.06. The molecule has 2 unspecified atom stereocenters. The summed E-state index contributed by atoms with van der Waals surface area (Å²) in [6, 6.07) is 0. The van der Waals surface area contributed by atoms with Crippen molar-refractivity contribution in [1.82, 2.24) is 0 Å². The minimum absolute atomic E-state index is 0.333. The Hall–Kier alpha value is -1.39. The van der Waals surface area contributed by atoms with E-state index in [4.69, 9.17) is 9.84 Å². The van der Waals surface area contributed by atoms with E-state index in [1.807, 2.05) is 0 Å². The van der Waals surface area contributed by atoms with Gasteiger partial charge in [-0.25, -0.2) is 4.79 Å². The zero-order chi connectivity index (χ0) is 11.3. The predicted molar refractivity (Wildman–Crippen MR) is 55.0 cm³/mol. The van der Waals surface area contributed by atoms with Gasteiger partial charge in [-0.2, -0.15) is 0 Å². The summed E-state index contributed by atoms with van der Waals surface area (Å²) in [6.07, 6.45) is 5.60. The Labute approximate surface area is 88.2 Å². The number of carbonyl (C=O) groups excluding carboxylic acids is 1. The number of hydrogen-bond donors (Lipinski definition) is 2. The second-order valence-corrected chi connectivity index (χ2v) is 3.09. The van der Waals surface area contributed by atoms with Crippen LogP contribution in [0.2, 0.25) is 0 Å². The Balaban J connectivity index is 2.56. The van der Waals surface area contributed by atoms with Crippen LogP contribution in [0.4, 0.5) is 0 Å². The molecule has 0 saturated carbocycles. The number of carbonyl (C=O) groups is 1. The number of aliphatic hydroxyl groups excluding tert-OH is 2. The smallest absolute Gasteiger partial charge is 0.330 e. The molecule has 0 spiro atoms. The van der Waals surface area contributed by atoms with Crippen LogP contribution in [-0.2, 0) is 9.53 Å². The van der Waals surface area contributed by atoms with Gasteiger partial charge in [-0.3, -0.25) is 0 Å². The number of allylic oxidation sites excluding steroid dienone is 3. The minimum atomic E-state index is -0.920. The van der Waals surface area contributed by atoms with Gasteiger partial charge in [0.05, 0.1) is 6.61 Å². The maximum atomic E-state index is 11.0. The van der Waals surface area contributed by atoms with Crippen molar-refractivity contribution in [3.63, 3.8) is 0 Å². The van der Waals surface area contributed by atoms with Crippen molar-refractivity contribution < 1.29 is 19.7 Å². The lowest BCUT2D eigenvalue weighted by atomic mass is 10.0. The normalized spacial score (nSPS) is 25.4. The molecular formula is C11H14O4. The van der Waals surface area contributed by atoms with E-state index in [0.717, 1.165) is 0 Å². The molecule has 82 valence electrons. The second kappa shape index (κ2) is 5.48. The maximum Gasteiger partial charge on any atom is 0.330 e. The Kier molecular flexibility index (Phi) is 4.27. The van der Waals surface area contributed by atoms with Gasteiger partial charge < -0.3 is 14.9 Å². The highest BCUT2D eigenvalue weighted by Crippen LogP contribution is 2.12. The summed E-state index contributed by atoms with van der Waals surface area (Å²) in [5, 5.41) is 18.4. The standard InChI is InChI=1S/C11H14O4/c1-2-15-11(14)6-4-8-3-5-9(12)10(13)7-8/h3-7,9-10,12-13H,2H2,1H3/b6-4+. The molecule has 0 saturated heterocycles. The van der Waals surface area contributed by atoms with Gasteiger partial charge in [0.2, 0.25) is 0 Å². The molecule has 2 atom stereocenters. The molecule has 1 aliphatic rings. The predicted octanol–water partition coefficient (Wildman–Crippen LogP) is 0.324. The molecule has 0 aliphatic heterocycles. The molecule has 1 aliphatic carbocycles. The molecule has 0 bridgehead atoms. The zero-order valence-corrected chi connectivity index (χ0v) is 8.46. The molecular weight excluding hydrogens is 196 g/mol. The molecule has 0 fully saturated rings. The molecule has 2 N–H and O–H groups in total. The number of hydrogen-bond acceptors (Lipinski definition) is 4. The van der Waals surface area contributed by atoms with Gasteiger partial charge in [0, 0.05) is 6.08 Å². The highest BCUT2D eigenvalue weighted by Gasteiger charge is 2.14. The minimum Gasteiger partial charge on any atom is -0.463 e. The van der Waals surface area contributed by atoms with E-state index < -0.39 is 18.2 Å².